The molecule has 1 unspecified atom stereocenters. The first-order valence-corrected chi connectivity index (χ1v) is 9.62. The van der Waals surface area contributed by atoms with Gasteiger partial charge in [0.2, 0.25) is 0 Å². The maximum Gasteiger partial charge on any atom is 0.119 e. The molecule has 142 valence electrons. The number of aromatic nitrogens is 2. The van der Waals surface area contributed by atoms with E-state index in [1.807, 2.05) is 30.5 Å². The topological polar surface area (TPSA) is 50.4 Å². The van der Waals surface area contributed by atoms with Gasteiger partial charge in [0.1, 0.15) is 5.75 Å². The predicted octanol–water partition coefficient (Wildman–Crippen LogP) is 4.06. The largest absolute Gasteiger partial charge is 0.497 e. The number of hydrogen-bond acceptors (Lipinski definition) is 4. The molecule has 5 nitrogen and oxygen atoms in total. The van der Waals surface area contributed by atoms with Gasteiger partial charge in [0.05, 0.1) is 25.5 Å². The summed E-state index contributed by atoms with van der Waals surface area (Å²) in [7, 11) is 1.71. The Balaban J connectivity index is 1.40. The van der Waals surface area contributed by atoms with Crippen molar-refractivity contribution in [2.75, 3.05) is 20.2 Å². The molecule has 27 heavy (non-hydrogen) atoms. The molecule has 3 heterocycles. The summed E-state index contributed by atoms with van der Waals surface area (Å²) >= 11 is 0. The van der Waals surface area contributed by atoms with Crippen LogP contribution in [0.3, 0.4) is 0 Å². The van der Waals surface area contributed by atoms with E-state index in [4.69, 9.17) is 9.47 Å². The summed E-state index contributed by atoms with van der Waals surface area (Å²) in [6.07, 6.45) is 4.37. The molecule has 2 aromatic heterocycles. The van der Waals surface area contributed by atoms with E-state index in [-0.39, 0.29) is 6.10 Å². The van der Waals surface area contributed by atoms with Crippen molar-refractivity contribution in [3.8, 4) is 5.75 Å². The first kappa shape index (κ1) is 18.0. The van der Waals surface area contributed by atoms with Crippen molar-refractivity contribution in [1.29, 1.82) is 0 Å². The Morgan fingerprint density at radius 1 is 1.26 bits per heavy atom. The van der Waals surface area contributed by atoms with Crippen molar-refractivity contribution < 1.29 is 9.47 Å². The number of benzene rings is 1. The summed E-state index contributed by atoms with van der Waals surface area (Å²) < 4.78 is 11.5. The fraction of sp³-hybridized carbons (Fsp3) is 0.409. The highest BCUT2D eigenvalue weighted by Crippen LogP contribution is 2.27. The van der Waals surface area contributed by atoms with Crippen molar-refractivity contribution in [2.24, 2.45) is 0 Å². The summed E-state index contributed by atoms with van der Waals surface area (Å²) in [6.45, 7) is 5.77. The van der Waals surface area contributed by atoms with Crippen molar-refractivity contribution in [3.63, 3.8) is 0 Å². The van der Waals surface area contributed by atoms with Gasteiger partial charge in [0, 0.05) is 35.9 Å². The maximum atomic E-state index is 6.13. The van der Waals surface area contributed by atoms with Gasteiger partial charge in [0.15, 0.2) is 0 Å². The summed E-state index contributed by atoms with van der Waals surface area (Å²) in [5.74, 6) is 0.900. The molecule has 1 aliphatic heterocycles. The fourth-order valence-corrected chi connectivity index (χ4v) is 3.85. The average molecular weight is 365 g/mol. The molecule has 4 rings (SSSR count). The number of pyridine rings is 1. The van der Waals surface area contributed by atoms with Crippen molar-refractivity contribution in [2.45, 2.75) is 39.0 Å². The van der Waals surface area contributed by atoms with E-state index in [1.54, 1.807) is 7.11 Å². The number of aromatic amines is 1. The van der Waals surface area contributed by atoms with Gasteiger partial charge in [-0.2, -0.15) is 0 Å². The molecule has 0 spiro atoms. The Kier molecular flexibility index (Phi) is 5.41. The molecule has 1 saturated heterocycles. The van der Waals surface area contributed by atoms with Gasteiger partial charge in [0.25, 0.3) is 0 Å². The van der Waals surface area contributed by atoms with E-state index < -0.39 is 0 Å². The van der Waals surface area contributed by atoms with Crippen LogP contribution in [-0.4, -0.2) is 41.2 Å². The second-order valence-electron chi connectivity index (χ2n) is 7.27. The number of nitrogens with zero attached hydrogens (tertiary/aromatic N) is 2. The minimum absolute atomic E-state index is 0.269. The highest BCUT2D eigenvalue weighted by Gasteiger charge is 2.22. The molecule has 1 atom stereocenters. The zero-order chi connectivity index (χ0) is 18.6. The van der Waals surface area contributed by atoms with Crippen molar-refractivity contribution in [1.82, 2.24) is 14.9 Å². The molecule has 0 aliphatic carbocycles. The molecule has 0 radical (unpaired) electrons. The number of nitrogens with one attached hydrogen (secondary N) is 1. The molecule has 1 fully saturated rings. The molecule has 1 N–H and O–H groups in total. The van der Waals surface area contributed by atoms with Crippen LogP contribution in [0.5, 0.6) is 5.75 Å². The van der Waals surface area contributed by atoms with Crippen LogP contribution < -0.4 is 4.74 Å². The summed E-state index contributed by atoms with van der Waals surface area (Å²) in [6, 6.07) is 12.2. The Hall–Kier alpha value is -2.37. The number of aryl methyl sites for hydroxylation is 1. The summed E-state index contributed by atoms with van der Waals surface area (Å²) in [5.41, 5.74) is 4.75. The number of methoxy groups -OCH3 is 1. The first-order chi connectivity index (χ1) is 13.2. The second kappa shape index (κ2) is 8.11. The van der Waals surface area contributed by atoms with E-state index >= 15 is 0 Å². The minimum atomic E-state index is 0.269. The van der Waals surface area contributed by atoms with Gasteiger partial charge in [-0.15, -0.1) is 0 Å². The van der Waals surface area contributed by atoms with Crippen LogP contribution in [-0.2, 0) is 17.9 Å². The number of fused-ring (bicyclic) bond motifs is 1. The molecule has 1 aliphatic rings. The fourth-order valence-electron chi connectivity index (χ4n) is 3.85. The van der Waals surface area contributed by atoms with Gasteiger partial charge in [-0.1, -0.05) is 6.07 Å². The molecular formula is C22H27N3O2. The molecule has 0 amide bonds. The predicted molar refractivity (Wildman–Crippen MR) is 107 cm³/mol. The Labute approximate surface area is 160 Å². The van der Waals surface area contributed by atoms with E-state index in [9.17, 15) is 0 Å². The third kappa shape index (κ3) is 4.15. The Morgan fingerprint density at radius 3 is 3.00 bits per heavy atom. The van der Waals surface area contributed by atoms with Crippen LogP contribution in [0.2, 0.25) is 0 Å². The van der Waals surface area contributed by atoms with Gasteiger partial charge in [-0.3, -0.25) is 9.88 Å². The van der Waals surface area contributed by atoms with Crippen LogP contribution >= 0.6 is 0 Å². The number of piperidine rings is 1. The number of H-pyrrole nitrogens is 1. The van der Waals surface area contributed by atoms with Gasteiger partial charge >= 0.3 is 0 Å². The van der Waals surface area contributed by atoms with Gasteiger partial charge < -0.3 is 14.5 Å². The smallest absolute Gasteiger partial charge is 0.119 e. The Bertz CT molecular complexity index is 891. The van der Waals surface area contributed by atoms with Crippen LogP contribution in [0.15, 0.2) is 42.6 Å². The number of hydrogen-bond donors (Lipinski definition) is 1. The van der Waals surface area contributed by atoms with Gasteiger partial charge in [-0.25, -0.2) is 0 Å². The minimum Gasteiger partial charge on any atom is -0.497 e. The summed E-state index contributed by atoms with van der Waals surface area (Å²) in [4.78, 5) is 10.4. The van der Waals surface area contributed by atoms with Crippen LogP contribution in [0.25, 0.3) is 10.9 Å². The summed E-state index contributed by atoms with van der Waals surface area (Å²) in [5, 5.41) is 1.24. The molecule has 0 saturated carbocycles. The third-order valence-corrected chi connectivity index (χ3v) is 5.41. The standard InChI is InChI=1S/C22H27N3O2/c1-16-20-12-18(26-2)8-9-21(20)24-22(16)14-25-11-5-7-19(13-25)27-15-17-6-3-4-10-23-17/h3-4,6,8-10,12,19,24H,5,7,11,13-15H2,1-2H3. The number of rotatable bonds is 6. The first-order valence-electron chi connectivity index (χ1n) is 9.62. The lowest BCUT2D eigenvalue weighted by atomic mass is 10.1. The zero-order valence-electron chi connectivity index (χ0n) is 16.1. The molecule has 1 aromatic carbocycles. The second-order valence-corrected chi connectivity index (χ2v) is 7.27. The van der Waals surface area contributed by atoms with E-state index in [1.165, 1.54) is 28.6 Å². The number of likely N-dealkylation sites (tertiary alicyclic amines) is 1. The van der Waals surface area contributed by atoms with E-state index in [2.05, 4.69) is 33.9 Å². The number of ether oxygens (including phenoxy) is 2. The SMILES string of the molecule is COc1ccc2[nH]c(CN3CCCC(OCc4ccccn4)C3)c(C)c2c1. The quantitative estimate of drug-likeness (QED) is 0.716. The monoisotopic (exact) mass is 365 g/mol. The van der Waals surface area contributed by atoms with Crippen LogP contribution in [0.4, 0.5) is 0 Å². The van der Waals surface area contributed by atoms with Crippen LogP contribution in [0.1, 0.15) is 29.8 Å². The van der Waals surface area contributed by atoms with E-state index in [0.717, 1.165) is 37.5 Å². The average Bonchev–Trinajstić information content (AvgIpc) is 3.02. The van der Waals surface area contributed by atoms with E-state index in [0.29, 0.717) is 6.61 Å². The van der Waals surface area contributed by atoms with Crippen molar-refractivity contribution in [3.05, 3.63) is 59.5 Å². The molecular weight excluding hydrogens is 338 g/mol. The normalized spacial score (nSPS) is 18.1. The zero-order valence-corrected chi connectivity index (χ0v) is 16.1. The van der Waals surface area contributed by atoms with Crippen molar-refractivity contribution >= 4 is 10.9 Å². The maximum absolute atomic E-state index is 6.13. The molecule has 3 aromatic rings. The lowest BCUT2D eigenvalue weighted by Crippen LogP contribution is -2.39. The van der Waals surface area contributed by atoms with Crippen LogP contribution in [0, 0.1) is 6.92 Å². The third-order valence-electron chi connectivity index (χ3n) is 5.41. The molecule has 5 heteroatoms. The molecule has 0 bridgehead atoms. The van der Waals surface area contributed by atoms with Gasteiger partial charge in [-0.05, 0) is 62.2 Å². The highest BCUT2D eigenvalue weighted by molar-refractivity contribution is 5.85. The Morgan fingerprint density at radius 2 is 2.19 bits per heavy atom. The highest BCUT2D eigenvalue weighted by atomic mass is 16.5. The lowest BCUT2D eigenvalue weighted by Gasteiger charge is -2.32. The lowest BCUT2D eigenvalue weighted by molar-refractivity contribution is -0.0135.